The first-order chi connectivity index (χ1) is 10.1. The Bertz CT molecular complexity index is 845. The van der Waals surface area contributed by atoms with Crippen LogP contribution in [-0.4, -0.2) is 23.0 Å². The number of carbonyl (C=O) groups is 1. The molecule has 0 spiro atoms. The molecule has 0 atom stereocenters. The van der Waals surface area contributed by atoms with Gasteiger partial charge in [-0.25, -0.2) is 9.78 Å². The molecule has 2 aromatic carbocycles. The summed E-state index contributed by atoms with van der Waals surface area (Å²) in [5, 5.41) is 0.561. The molecule has 0 bridgehead atoms. The average Bonchev–Trinajstić information content (AvgIpc) is 2.91. The number of methoxy groups -OCH3 is 1. The molecule has 0 unspecified atom stereocenters. The molecule has 0 aliphatic heterocycles. The molecule has 0 radical (unpaired) electrons. The van der Waals surface area contributed by atoms with Gasteiger partial charge in [-0.15, -0.1) is 0 Å². The zero-order valence-electron chi connectivity index (χ0n) is 11.0. The fraction of sp³-hybridized carbons (Fsp3) is 0.0667. The molecular formula is C15H10BrClN2O2. The Morgan fingerprint density at radius 2 is 2.14 bits per heavy atom. The maximum atomic E-state index is 11.6. The molecule has 3 rings (SSSR count). The highest BCUT2D eigenvalue weighted by Gasteiger charge is 2.11. The standard InChI is InChI=1S/C15H10BrClN2O2/c1-21-15(20)9-4-2-3-8(5-9)14-18-12-7-10(16)6-11(17)13(12)19-14/h2-7H,1H3,(H,18,19). The Hall–Kier alpha value is -1.85. The summed E-state index contributed by atoms with van der Waals surface area (Å²) in [5.41, 5.74) is 2.79. The number of hydrogen-bond donors (Lipinski definition) is 1. The lowest BCUT2D eigenvalue weighted by atomic mass is 10.1. The summed E-state index contributed by atoms with van der Waals surface area (Å²) in [5.74, 6) is 0.268. The van der Waals surface area contributed by atoms with Gasteiger partial charge in [0.05, 0.1) is 23.2 Å². The summed E-state index contributed by atoms with van der Waals surface area (Å²) < 4.78 is 5.60. The van der Waals surface area contributed by atoms with E-state index in [1.165, 1.54) is 7.11 Å². The molecule has 1 aromatic heterocycles. The molecule has 1 heterocycles. The zero-order chi connectivity index (χ0) is 15.0. The topological polar surface area (TPSA) is 55.0 Å². The highest BCUT2D eigenvalue weighted by molar-refractivity contribution is 9.10. The number of imidazole rings is 1. The molecule has 3 aromatic rings. The van der Waals surface area contributed by atoms with Gasteiger partial charge in [-0.3, -0.25) is 0 Å². The molecule has 0 fully saturated rings. The van der Waals surface area contributed by atoms with Crippen LogP contribution in [0.4, 0.5) is 0 Å². The number of aromatic nitrogens is 2. The SMILES string of the molecule is COC(=O)c1cccc(-c2nc3c(Cl)cc(Br)cc3[nH]2)c1. The largest absolute Gasteiger partial charge is 0.465 e. The highest BCUT2D eigenvalue weighted by atomic mass is 79.9. The summed E-state index contributed by atoms with van der Waals surface area (Å²) in [6.45, 7) is 0. The number of aromatic amines is 1. The molecule has 21 heavy (non-hydrogen) atoms. The van der Waals surface area contributed by atoms with Gasteiger partial charge in [0.15, 0.2) is 0 Å². The maximum absolute atomic E-state index is 11.6. The summed E-state index contributed by atoms with van der Waals surface area (Å²) in [6.07, 6.45) is 0. The monoisotopic (exact) mass is 364 g/mol. The van der Waals surface area contributed by atoms with Crippen molar-refractivity contribution in [1.82, 2.24) is 9.97 Å². The third-order valence-corrected chi connectivity index (χ3v) is 3.81. The number of esters is 1. The lowest BCUT2D eigenvalue weighted by Gasteiger charge is -2.01. The van der Waals surface area contributed by atoms with Crippen molar-refractivity contribution < 1.29 is 9.53 Å². The Morgan fingerprint density at radius 1 is 1.33 bits per heavy atom. The summed E-state index contributed by atoms with van der Waals surface area (Å²) >= 11 is 9.58. The quantitative estimate of drug-likeness (QED) is 0.683. The molecule has 0 saturated heterocycles. The van der Waals surface area contributed by atoms with Crippen molar-refractivity contribution >= 4 is 44.5 Å². The van der Waals surface area contributed by atoms with E-state index in [0.29, 0.717) is 21.9 Å². The molecule has 6 heteroatoms. The molecular weight excluding hydrogens is 356 g/mol. The third-order valence-electron chi connectivity index (χ3n) is 3.06. The summed E-state index contributed by atoms with van der Waals surface area (Å²) in [7, 11) is 1.35. The zero-order valence-corrected chi connectivity index (χ0v) is 13.3. The van der Waals surface area contributed by atoms with Crippen LogP contribution in [0.2, 0.25) is 5.02 Å². The van der Waals surface area contributed by atoms with E-state index >= 15 is 0 Å². The van der Waals surface area contributed by atoms with E-state index in [4.69, 9.17) is 16.3 Å². The number of benzene rings is 2. The minimum absolute atomic E-state index is 0.381. The van der Waals surface area contributed by atoms with E-state index in [1.807, 2.05) is 12.1 Å². The lowest BCUT2D eigenvalue weighted by molar-refractivity contribution is 0.0601. The molecule has 0 aliphatic carbocycles. The van der Waals surface area contributed by atoms with Gasteiger partial charge in [0, 0.05) is 10.0 Å². The first-order valence-corrected chi connectivity index (χ1v) is 7.29. The van der Waals surface area contributed by atoms with Crippen molar-refractivity contribution in [3.63, 3.8) is 0 Å². The van der Waals surface area contributed by atoms with Gasteiger partial charge in [-0.05, 0) is 24.3 Å². The molecule has 0 aliphatic rings. The van der Waals surface area contributed by atoms with E-state index in [-0.39, 0.29) is 5.97 Å². The number of halogens is 2. The van der Waals surface area contributed by atoms with Gasteiger partial charge in [-0.1, -0.05) is 39.7 Å². The number of nitrogens with zero attached hydrogens (tertiary/aromatic N) is 1. The van der Waals surface area contributed by atoms with Crippen molar-refractivity contribution in [2.45, 2.75) is 0 Å². The molecule has 1 N–H and O–H groups in total. The second-order valence-electron chi connectivity index (χ2n) is 4.44. The van der Waals surface area contributed by atoms with Gasteiger partial charge in [0.25, 0.3) is 0 Å². The van der Waals surface area contributed by atoms with Crippen molar-refractivity contribution in [1.29, 1.82) is 0 Å². The fourth-order valence-corrected chi connectivity index (χ4v) is 2.94. The van der Waals surface area contributed by atoms with Gasteiger partial charge < -0.3 is 9.72 Å². The smallest absolute Gasteiger partial charge is 0.337 e. The highest BCUT2D eigenvalue weighted by Crippen LogP contribution is 2.29. The van der Waals surface area contributed by atoms with Crippen molar-refractivity contribution in [3.05, 3.63) is 51.5 Å². The van der Waals surface area contributed by atoms with Gasteiger partial charge in [0.2, 0.25) is 0 Å². The minimum atomic E-state index is -0.381. The van der Waals surface area contributed by atoms with Crippen molar-refractivity contribution in [3.8, 4) is 11.4 Å². The van der Waals surface area contributed by atoms with E-state index in [1.54, 1.807) is 24.3 Å². The van der Waals surface area contributed by atoms with Crippen LogP contribution in [0.1, 0.15) is 10.4 Å². The van der Waals surface area contributed by atoms with Gasteiger partial charge >= 0.3 is 5.97 Å². The van der Waals surface area contributed by atoms with E-state index in [9.17, 15) is 4.79 Å². The second-order valence-corrected chi connectivity index (χ2v) is 5.76. The number of nitrogens with one attached hydrogen (secondary N) is 1. The second kappa shape index (κ2) is 5.50. The van der Waals surface area contributed by atoms with E-state index in [0.717, 1.165) is 15.6 Å². The Kier molecular flexibility index (Phi) is 3.69. The van der Waals surface area contributed by atoms with Crippen LogP contribution in [0.5, 0.6) is 0 Å². The van der Waals surface area contributed by atoms with E-state index < -0.39 is 0 Å². The number of ether oxygens (including phenoxy) is 1. The number of rotatable bonds is 2. The van der Waals surface area contributed by atoms with Crippen molar-refractivity contribution in [2.75, 3.05) is 7.11 Å². The molecule has 0 saturated carbocycles. The van der Waals surface area contributed by atoms with Crippen LogP contribution < -0.4 is 0 Å². The number of H-pyrrole nitrogens is 1. The Labute approximate surface area is 134 Å². The third kappa shape index (κ3) is 2.66. The van der Waals surface area contributed by atoms with E-state index in [2.05, 4.69) is 25.9 Å². The van der Waals surface area contributed by atoms with Crippen LogP contribution in [-0.2, 0) is 4.74 Å². The maximum Gasteiger partial charge on any atom is 0.337 e. The molecule has 106 valence electrons. The van der Waals surface area contributed by atoms with Gasteiger partial charge in [-0.2, -0.15) is 0 Å². The van der Waals surface area contributed by atoms with Crippen LogP contribution in [0.3, 0.4) is 0 Å². The number of carbonyl (C=O) groups excluding carboxylic acids is 1. The van der Waals surface area contributed by atoms with Gasteiger partial charge in [0.1, 0.15) is 11.3 Å². The first-order valence-electron chi connectivity index (χ1n) is 6.12. The molecule has 4 nitrogen and oxygen atoms in total. The normalized spacial score (nSPS) is 10.8. The Balaban J connectivity index is 2.12. The lowest BCUT2D eigenvalue weighted by Crippen LogP contribution is -2.00. The fourth-order valence-electron chi connectivity index (χ4n) is 2.09. The van der Waals surface area contributed by atoms with Crippen LogP contribution in [0.15, 0.2) is 40.9 Å². The molecule has 0 amide bonds. The van der Waals surface area contributed by atoms with Crippen molar-refractivity contribution in [2.24, 2.45) is 0 Å². The average molecular weight is 366 g/mol. The predicted octanol–water partition coefficient (Wildman–Crippen LogP) is 4.43. The summed E-state index contributed by atoms with van der Waals surface area (Å²) in [4.78, 5) is 19.3. The van der Waals surface area contributed by atoms with Crippen LogP contribution >= 0.6 is 27.5 Å². The number of fused-ring (bicyclic) bond motifs is 1. The minimum Gasteiger partial charge on any atom is -0.465 e. The number of hydrogen-bond acceptors (Lipinski definition) is 3. The predicted molar refractivity (Wildman–Crippen MR) is 85.6 cm³/mol. The summed E-state index contributed by atoms with van der Waals surface area (Å²) in [6, 6.07) is 10.8. The van der Waals surface area contributed by atoms with Crippen LogP contribution in [0, 0.1) is 0 Å². The van der Waals surface area contributed by atoms with Crippen LogP contribution in [0.25, 0.3) is 22.4 Å². The first kappa shape index (κ1) is 14.1. The Morgan fingerprint density at radius 3 is 2.90 bits per heavy atom.